The quantitative estimate of drug-likeness (QED) is 0.605. The van der Waals surface area contributed by atoms with E-state index in [2.05, 4.69) is 30.5 Å². The summed E-state index contributed by atoms with van der Waals surface area (Å²) in [7, 11) is 0. The molecule has 8 heteroatoms. The Morgan fingerprint density at radius 2 is 2.14 bits per heavy atom. The monoisotopic (exact) mass is 314 g/mol. The van der Waals surface area contributed by atoms with Crippen LogP contribution < -0.4 is 5.32 Å². The number of nitrogens with one attached hydrogen (secondary N) is 2. The van der Waals surface area contributed by atoms with E-state index < -0.39 is 0 Å². The molecule has 21 heavy (non-hydrogen) atoms. The van der Waals surface area contributed by atoms with Gasteiger partial charge in [0.2, 0.25) is 0 Å². The minimum absolute atomic E-state index is 0.542. The summed E-state index contributed by atoms with van der Waals surface area (Å²) < 4.78 is 0. The molecule has 0 aliphatic rings. The second kappa shape index (κ2) is 5.23. The highest BCUT2D eigenvalue weighted by molar-refractivity contribution is 7.16. The van der Waals surface area contributed by atoms with Gasteiger partial charge in [0.15, 0.2) is 5.82 Å². The van der Waals surface area contributed by atoms with E-state index in [1.54, 1.807) is 29.0 Å². The molecule has 0 atom stereocenters. The number of aromatic nitrogens is 5. The van der Waals surface area contributed by atoms with Gasteiger partial charge in [0.25, 0.3) is 0 Å². The van der Waals surface area contributed by atoms with Crippen molar-refractivity contribution >= 4 is 38.7 Å². The topological polar surface area (TPSA) is 79.4 Å². The van der Waals surface area contributed by atoms with Crippen LogP contribution in [0.15, 0.2) is 35.3 Å². The summed E-state index contributed by atoms with van der Waals surface area (Å²) >= 11 is 3.22. The molecule has 4 aromatic rings. The molecule has 4 heterocycles. The Labute approximate surface area is 127 Å². The summed E-state index contributed by atoms with van der Waals surface area (Å²) in [6, 6.07) is 6.01. The Bertz CT molecular complexity index is 864. The second-order valence-electron chi connectivity index (χ2n) is 4.30. The summed E-state index contributed by atoms with van der Waals surface area (Å²) in [6.07, 6.45) is 1.57. The summed E-state index contributed by atoms with van der Waals surface area (Å²) in [4.78, 5) is 15.0. The standard InChI is InChI=1S/C13H10N6S2/c1-2-9(20-4-1)12-17-10(18-19-12)6-14-11-8-3-5-21-13(8)16-7-15-11/h1-5,7H,6H2,(H,14,15,16)(H,17,18,19). The van der Waals surface area contributed by atoms with Gasteiger partial charge in [-0.2, -0.15) is 5.10 Å². The van der Waals surface area contributed by atoms with Crippen LogP contribution in [0.4, 0.5) is 5.82 Å². The maximum absolute atomic E-state index is 4.48. The summed E-state index contributed by atoms with van der Waals surface area (Å²) in [5.41, 5.74) is 0. The molecule has 2 N–H and O–H groups in total. The minimum atomic E-state index is 0.542. The van der Waals surface area contributed by atoms with Gasteiger partial charge in [-0.3, -0.25) is 5.10 Å². The molecule has 4 aromatic heterocycles. The first-order valence-electron chi connectivity index (χ1n) is 6.27. The fraction of sp³-hybridized carbons (Fsp3) is 0.0769. The molecule has 0 radical (unpaired) electrons. The molecule has 0 unspecified atom stereocenters. The maximum atomic E-state index is 4.48. The first kappa shape index (κ1) is 12.4. The smallest absolute Gasteiger partial charge is 0.191 e. The zero-order chi connectivity index (χ0) is 14.1. The van der Waals surface area contributed by atoms with Crippen LogP contribution in [0.2, 0.25) is 0 Å². The summed E-state index contributed by atoms with van der Waals surface area (Å²) in [5.74, 6) is 2.32. The molecule has 0 aliphatic heterocycles. The van der Waals surface area contributed by atoms with Crippen molar-refractivity contribution in [2.45, 2.75) is 6.54 Å². The van der Waals surface area contributed by atoms with Gasteiger partial charge in [0.05, 0.1) is 16.8 Å². The number of hydrogen-bond acceptors (Lipinski definition) is 7. The highest BCUT2D eigenvalue weighted by atomic mass is 32.1. The number of fused-ring (bicyclic) bond motifs is 1. The van der Waals surface area contributed by atoms with Crippen molar-refractivity contribution in [1.29, 1.82) is 0 Å². The average molecular weight is 314 g/mol. The average Bonchev–Trinajstić information content (AvgIpc) is 3.23. The van der Waals surface area contributed by atoms with Crippen molar-refractivity contribution in [3.63, 3.8) is 0 Å². The zero-order valence-electron chi connectivity index (χ0n) is 10.8. The first-order valence-corrected chi connectivity index (χ1v) is 8.03. The molecule has 0 amide bonds. The van der Waals surface area contributed by atoms with Gasteiger partial charge >= 0.3 is 0 Å². The van der Waals surface area contributed by atoms with E-state index in [0.29, 0.717) is 6.54 Å². The summed E-state index contributed by atoms with van der Waals surface area (Å²) in [5, 5.41) is 15.5. The minimum Gasteiger partial charge on any atom is -0.362 e. The van der Waals surface area contributed by atoms with E-state index in [4.69, 9.17) is 0 Å². The molecule has 0 saturated carbocycles. The number of rotatable bonds is 4. The van der Waals surface area contributed by atoms with Gasteiger partial charge in [0.1, 0.15) is 22.8 Å². The first-order chi connectivity index (χ1) is 10.4. The lowest BCUT2D eigenvalue weighted by atomic mass is 10.4. The van der Waals surface area contributed by atoms with Gasteiger partial charge in [-0.15, -0.1) is 22.7 Å². The predicted octanol–water partition coefficient (Wildman–Crippen LogP) is 3.15. The van der Waals surface area contributed by atoms with Crippen LogP contribution >= 0.6 is 22.7 Å². The van der Waals surface area contributed by atoms with E-state index >= 15 is 0 Å². The van der Waals surface area contributed by atoms with Crippen LogP contribution in [-0.4, -0.2) is 25.1 Å². The van der Waals surface area contributed by atoms with Crippen molar-refractivity contribution in [2.24, 2.45) is 0 Å². The SMILES string of the molecule is c1csc(-c2n[nH]c(CNc3ncnc4sccc34)n2)c1. The predicted molar refractivity (Wildman–Crippen MR) is 84.4 cm³/mol. The highest BCUT2D eigenvalue weighted by Gasteiger charge is 2.08. The Balaban J connectivity index is 1.53. The molecule has 0 fully saturated rings. The Hall–Kier alpha value is -2.32. The summed E-state index contributed by atoms with van der Waals surface area (Å²) in [6.45, 7) is 0.542. The van der Waals surface area contributed by atoms with E-state index in [0.717, 1.165) is 32.6 Å². The number of hydrogen-bond donors (Lipinski definition) is 2. The van der Waals surface area contributed by atoms with Gasteiger partial charge < -0.3 is 5.32 Å². The number of thiophene rings is 2. The van der Waals surface area contributed by atoms with Crippen LogP contribution in [0.5, 0.6) is 0 Å². The third-order valence-corrected chi connectivity index (χ3v) is 4.64. The highest BCUT2D eigenvalue weighted by Crippen LogP contribution is 2.24. The van der Waals surface area contributed by atoms with Crippen molar-refractivity contribution in [3.05, 3.63) is 41.1 Å². The normalized spacial score (nSPS) is 11.0. The largest absolute Gasteiger partial charge is 0.362 e. The van der Waals surface area contributed by atoms with E-state index in [1.807, 2.05) is 29.0 Å². The molecular weight excluding hydrogens is 304 g/mol. The number of aromatic amines is 1. The second-order valence-corrected chi connectivity index (χ2v) is 6.14. The molecular formula is C13H10N6S2. The third kappa shape index (κ3) is 2.39. The third-order valence-electron chi connectivity index (χ3n) is 2.96. The Morgan fingerprint density at radius 1 is 1.14 bits per heavy atom. The van der Waals surface area contributed by atoms with Crippen molar-refractivity contribution in [3.8, 4) is 10.7 Å². The van der Waals surface area contributed by atoms with Crippen LogP contribution in [0.25, 0.3) is 20.9 Å². The number of H-pyrrole nitrogens is 1. The molecule has 0 aromatic carbocycles. The Kier molecular flexibility index (Phi) is 3.09. The number of anilines is 1. The molecule has 0 bridgehead atoms. The fourth-order valence-electron chi connectivity index (χ4n) is 1.99. The van der Waals surface area contributed by atoms with Crippen molar-refractivity contribution in [1.82, 2.24) is 25.1 Å². The van der Waals surface area contributed by atoms with Gasteiger partial charge in [-0.25, -0.2) is 15.0 Å². The molecule has 0 aliphatic carbocycles. The zero-order valence-corrected chi connectivity index (χ0v) is 12.4. The lowest BCUT2D eigenvalue weighted by molar-refractivity contribution is 0.948. The van der Waals surface area contributed by atoms with E-state index in [-0.39, 0.29) is 0 Å². The van der Waals surface area contributed by atoms with Crippen LogP contribution in [0, 0.1) is 0 Å². The van der Waals surface area contributed by atoms with Crippen molar-refractivity contribution < 1.29 is 0 Å². The molecule has 0 spiro atoms. The van der Waals surface area contributed by atoms with Gasteiger partial charge in [-0.1, -0.05) is 6.07 Å². The number of nitrogens with zero attached hydrogens (tertiary/aromatic N) is 4. The van der Waals surface area contributed by atoms with Crippen LogP contribution in [-0.2, 0) is 6.54 Å². The molecule has 6 nitrogen and oxygen atoms in total. The van der Waals surface area contributed by atoms with Gasteiger partial charge in [0, 0.05) is 0 Å². The van der Waals surface area contributed by atoms with E-state index in [9.17, 15) is 0 Å². The van der Waals surface area contributed by atoms with E-state index in [1.165, 1.54) is 0 Å². The van der Waals surface area contributed by atoms with Crippen LogP contribution in [0.1, 0.15) is 5.82 Å². The molecule has 104 valence electrons. The maximum Gasteiger partial charge on any atom is 0.191 e. The van der Waals surface area contributed by atoms with Crippen molar-refractivity contribution in [2.75, 3.05) is 5.32 Å². The lowest BCUT2D eigenvalue weighted by Gasteiger charge is -2.03. The molecule has 4 rings (SSSR count). The fourth-order valence-corrected chi connectivity index (χ4v) is 3.38. The van der Waals surface area contributed by atoms with Crippen LogP contribution in [0.3, 0.4) is 0 Å². The lowest BCUT2D eigenvalue weighted by Crippen LogP contribution is -2.03. The Morgan fingerprint density at radius 3 is 3.05 bits per heavy atom. The molecule has 0 saturated heterocycles. The van der Waals surface area contributed by atoms with Gasteiger partial charge in [-0.05, 0) is 22.9 Å².